The molecule has 5 nitrogen and oxygen atoms in total. The topological polar surface area (TPSA) is 62.7 Å². The maximum atomic E-state index is 4.52. The first kappa shape index (κ1) is 14.2. The van der Waals surface area contributed by atoms with E-state index in [1.165, 1.54) is 0 Å². The lowest BCUT2D eigenvalue weighted by Gasteiger charge is -2.09. The zero-order valence-corrected chi connectivity index (χ0v) is 12.3. The van der Waals surface area contributed by atoms with Gasteiger partial charge < -0.3 is 10.6 Å². The number of rotatable bonds is 6. The van der Waals surface area contributed by atoms with Crippen molar-refractivity contribution >= 4 is 11.6 Å². The highest BCUT2D eigenvalue weighted by molar-refractivity contribution is 5.47. The molecule has 5 heteroatoms. The molecular formula is C15H21N5. The Bertz CT molecular complexity index is 568. The zero-order chi connectivity index (χ0) is 14.4. The molecule has 2 rings (SSSR count). The lowest BCUT2D eigenvalue weighted by molar-refractivity contribution is 0.834. The van der Waals surface area contributed by atoms with Crippen LogP contribution in [0.2, 0.25) is 0 Å². The fourth-order valence-corrected chi connectivity index (χ4v) is 1.93. The van der Waals surface area contributed by atoms with Gasteiger partial charge in [-0.25, -0.2) is 9.97 Å². The van der Waals surface area contributed by atoms with Crippen molar-refractivity contribution in [3.63, 3.8) is 0 Å². The molecule has 0 fully saturated rings. The van der Waals surface area contributed by atoms with Crippen LogP contribution in [0.5, 0.6) is 0 Å². The Morgan fingerprint density at radius 1 is 1.10 bits per heavy atom. The van der Waals surface area contributed by atoms with E-state index in [1.54, 1.807) is 0 Å². The third-order valence-corrected chi connectivity index (χ3v) is 2.90. The van der Waals surface area contributed by atoms with E-state index in [9.17, 15) is 0 Å². The molecule has 0 unspecified atom stereocenters. The molecule has 2 heterocycles. The normalized spacial score (nSPS) is 10.3. The molecule has 106 valence electrons. The van der Waals surface area contributed by atoms with Crippen molar-refractivity contribution in [3.8, 4) is 0 Å². The molecule has 0 spiro atoms. The molecule has 0 atom stereocenters. The number of nitrogens with zero attached hydrogens (tertiary/aromatic N) is 3. The standard InChI is InChI=1S/C15H21N5/c1-4-6-13-19-14(16-3)9-15(20-13)17-10-12-8-5-7-11(2)18-12/h5,7-9H,4,6,10H2,1-3H3,(H2,16,17,19,20). The Hall–Kier alpha value is -2.17. The first-order chi connectivity index (χ1) is 9.71. The number of aromatic nitrogens is 3. The average molecular weight is 271 g/mol. The van der Waals surface area contributed by atoms with Gasteiger partial charge in [-0.3, -0.25) is 4.98 Å². The Balaban J connectivity index is 2.10. The Morgan fingerprint density at radius 2 is 1.90 bits per heavy atom. The molecule has 20 heavy (non-hydrogen) atoms. The van der Waals surface area contributed by atoms with Crippen LogP contribution < -0.4 is 10.6 Å². The van der Waals surface area contributed by atoms with Crippen LogP contribution in [0, 0.1) is 6.92 Å². The van der Waals surface area contributed by atoms with Gasteiger partial charge in [-0.05, 0) is 25.5 Å². The van der Waals surface area contributed by atoms with Crippen LogP contribution in [-0.2, 0) is 13.0 Å². The van der Waals surface area contributed by atoms with E-state index in [0.29, 0.717) is 6.54 Å². The average Bonchev–Trinajstić information content (AvgIpc) is 2.45. The van der Waals surface area contributed by atoms with Crippen molar-refractivity contribution in [1.29, 1.82) is 0 Å². The zero-order valence-electron chi connectivity index (χ0n) is 12.3. The number of hydrogen-bond acceptors (Lipinski definition) is 5. The Morgan fingerprint density at radius 3 is 2.60 bits per heavy atom. The van der Waals surface area contributed by atoms with Crippen molar-refractivity contribution in [1.82, 2.24) is 15.0 Å². The minimum Gasteiger partial charge on any atom is -0.373 e. The van der Waals surface area contributed by atoms with Gasteiger partial charge in [-0.2, -0.15) is 0 Å². The lowest BCUT2D eigenvalue weighted by Crippen LogP contribution is -2.07. The van der Waals surface area contributed by atoms with Crippen molar-refractivity contribution in [2.24, 2.45) is 0 Å². The fraction of sp³-hybridized carbons (Fsp3) is 0.400. The van der Waals surface area contributed by atoms with Gasteiger partial charge in [0.25, 0.3) is 0 Å². The van der Waals surface area contributed by atoms with Crippen molar-refractivity contribution in [2.45, 2.75) is 33.2 Å². The number of aryl methyl sites for hydroxylation is 2. The summed E-state index contributed by atoms with van der Waals surface area (Å²) < 4.78 is 0. The minimum absolute atomic E-state index is 0.660. The summed E-state index contributed by atoms with van der Waals surface area (Å²) in [6, 6.07) is 7.93. The van der Waals surface area contributed by atoms with E-state index in [4.69, 9.17) is 0 Å². The van der Waals surface area contributed by atoms with E-state index in [2.05, 4.69) is 32.5 Å². The summed E-state index contributed by atoms with van der Waals surface area (Å²) >= 11 is 0. The molecule has 2 aromatic heterocycles. The molecule has 0 aliphatic rings. The lowest BCUT2D eigenvalue weighted by atomic mass is 10.3. The highest BCUT2D eigenvalue weighted by atomic mass is 15.1. The molecule has 0 saturated heterocycles. The number of hydrogen-bond donors (Lipinski definition) is 2. The van der Waals surface area contributed by atoms with Crippen LogP contribution in [0.25, 0.3) is 0 Å². The molecule has 2 aromatic rings. The minimum atomic E-state index is 0.660. The van der Waals surface area contributed by atoms with Crippen molar-refractivity contribution in [2.75, 3.05) is 17.7 Å². The SMILES string of the molecule is CCCc1nc(NC)cc(NCc2cccc(C)n2)n1. The van der Waals surface area contributed by atoms with Crippen LogP contribution in [0.15, 0.2) is 24.3 Å². The summed E-state index contributed by atoms with van der Waals surface area (Å²) in [5.74, 6) is 2.53. The van der Waals surface area contributed by atoms with Crippen molar-refractivity contribution in [3.05, 3.63) is 41.5 Å². The molecule has 0 aliphatic carbocycles. The van der Waals surface area contributed by atoms with Gasteiger partial charge >= 0.3 is 0 Å². The molecule has 0 saturated carbocycles. The quantitative estimate of drug-likeness (QED) is 0.846. The van der Waals surface area contributed by atoms with Gasteiger partial charge in [0, 0.05) is 25.2 Å². The summed E-state index contributed by atoms with van der Waals surface area (Å²) in [6.45, 7) is 4.78. The monoisotopic (exact) mass is 271 g/mol. The first-order valence-electron chi connectivity index (χ1n) is 6.93. The van der Waals surface area contributed by atoms with E-state index >= 15 is 0 Å². The Kier molecular flexibility index (Phi) is 4.87. The van der Waals surface area contributed by atoms with Crippen LogP contribution >= 0.6 is 0 Å². The van der Waals surface area contributed by atoms with E-state index in [1.807, 2.05) is 38.2 Å². The second-order valence-corrected chi connectivity index (χ2v) is 4.68. The third kappa shape index (κ3) is 3.91. The Labute approximate surface area is 119 Å². The van der Waals surface area contributed by atoms with Crippen LogP contribution in [0.4, 0.5) is 11.6 Å². The highest BCUT2D eigenvalue weighted by Crippen LogP contribution is 2.13. The summed E-state index contributed by atoms with van der Waals surface area (Å²) in [6.07, 6.45) is 1.92. The highest BCUT2D eigenvalue weighted by Gasteiger charge is 2.03. The van der Waals surface area contributed by atoms with E-state index in [0.717, 1.165) is 41.7 Å². The van der Waals surface area contributed by atoms with Gasteiger partial charge in [0.1, 0.15) is 17.5 Å². The summed E-state index contributed by atoms with van der Waals surface area (Å²) in [4.78, 5) is 13.4. The van der Waals surface area contributed by atoms with Crippen LogP contribution in [-0.4, -0.2) is 22.0 Å². The van der Waals surface area contributed by atoms with Gasteiger partial charge in [0.15, 0.2) is 0 Å². The molecule has 0 radical (unpaired) electrons. The van der Waals surface area contributed by atoms with Gasteiger partial charge in [0.2, 0.25) is 0 Å². The summed E-state index contributed by atoms with van der Waals surface area (Å²) in [5, 5.41) is 6.37. The second-order valence-electron chi connectivity index (χ2n) is 4.68. The first-order valence-corrected chi connectivity index (χ1v) is 6.93. The smallest absolute Gasteiger partial charge is 0.133 e. The second kappa shape index (κ2) is 6.84. The van der Waals surface area contributed by atoms with Gasteiger partial charge in [-0.1, -0.05) is 13.0 Å². The third-order valence-electron chi connectivity index (χ3n) is 2.90. The maximum absolute atomic E-state index is 4.52. The van der Waals surface area contributed by atoms with E-state index in [-0.39, 0.29) is 0 Å². The number of anilines is 2. The number of nitrogens with one attached hydrogen (secondary N) is 2. The molecular weight excluding hydrogens is 250 g/mol. The number of pyridine rings is 1. The predicted octanol–water partition coefficient (Wildman–Crippen LogP) is 2.79. The van der Waals surface area contributed by atoms with Gasteiger partial charge in [0.05, 0.1) is 12.2 Å². The summed E-state index contributed by atoms with van der Waals surface area (Å²) in [7, 11) is 1.87. The molecule has 0 aromatic carbocycles. The van der Waals surface area contributed by atoms with Crippen molar-refractivity contribution < 1.29 is 0 Å². The predicted molar refractivity (Wildman–Crippen MR) is 81.9 cm³/mol. The largest absolute Gasteiger partial charge is 0.373 e. The molecule has 2 N–H and O–H groups in total. The molecule has 0 aliphatic heterocycles. The fourth-order valence-electron chi connectivity index (χ4n) is 1.93. The van der Waals surface area contributed by atoms with E-state index < -0.39 is 0 Å². The maximum Gasteiger partial charge on any atom is 0.133 e. The molecule has 0 bridgehead atoms. The van der Waals surface area contributed by atoms with Crippen LogP contribution in [0.3, 0.4) is 0 Å². The molecule has 0 amide bonds. The summed E-state index contributed by atoms with van der Waals surface area (Å²) in [5.41, 5.74) is 2.03. The van der Waals surface area contributed by atoms with Crippen LogP contribution in [0.1, 0.15) is 30.6 Å². The van der Waals surface area contributed by atoms with Gasteiger partial charge in [-0.15, -0.1) is 0 Å².